The van der Waals surface area contributed by atoms with Gasteiger partial charge in [-0.25, -0.2) is 4.98 Å². The van der Waals surface area contributed by atoms with Crippen LogP contribution in [0.25, 0.3) is 0 Å². The van der Waals surface area contributed by atoms with Crippen molar-refractivity contribution in [1.29, 1.82) is 0 Å². The quantitative estimate of drug-likeness (QED) is 0.817. The second kappa shape index (κ2) is 5.40. The molecule has 1 saturated carbocycles. The first kappa shape index (κ1) is 13.4. The summed E-state index contributed by atoms with van der Waals surface area (Å²) in [5.74, 6) is 0.609. The van der Waals surface area contributed by atoms with Crippen LogP contribution in [0.15, 0.2) is 23.1 Å². The van der Waals surface area contributed by atoms with Crippen molar-refractivity contribution in [2.24, 2.45) is 0 Å². The summed E-state index contributed by atoms with van der Waals surface area (Å²) in [6.07, 6.45) is 6.96. The molecule has 1 fully saturated rings. The Balaban J connectivity index is 1.83. The molecule has 2 aromatic heterocycles. The van der Waals surface area contributed by atoms with Crippen molar-refractivity contribution < 1.29 is 0 Å². The Kier molecular flexibility index (Phi) is 3.61. The maximum Gasteiger partial charge on any atom is 0.255 e. The Bertz CT molecular complexity index is 670. The van der Waals surface area contributed by atoms with Crippen LogP contribution in [0.3, 0.4) is 0 Å². The highest BCUT2D eigenvalue weighted by atomic mass is 35.5. The molecule has 2 aromatic rings. The molecule has 0 N–H and O–H groups in total. The lowest BCUT2D eigenvalue weighted by Gasteiger charge is -2.10. The van der Waals surface area contributed by atoms with Crippen molar-refractivity contribution in [3.8, 4) is 0 Å². The summed E-state index contributed by atoms with van der Waals surface area (Å²) in [6, 6.07) is 3.83. The van der Waals surface area contributed by atoms with Gasteiger partial charge in [0.2, 0.25) is 0 Å². The molecule has 0 aromatic carbocycles. The van der Waals surface area contributed by atoms with Crippen LogP contribution >= 0.6 is 11.6 Å². The molecule has 5 nitrogen and oxygen atoms in total. The number of halogens is 1. The summed E-state index contributed by atoms with van der Waals surface area (Å²) in [5, 5.41) is 4.82. The van der Waals surface area contributed by atoms with Gasteiger partial charge < -0.3 is 0 Å². The fourth-order valence-corrected chi connectivity index (χ4v) is 2.99. The van der Waals surface area contributed by atoms with Crippen LogP contribution in [0.5, 0.6) is 0 Å². The molecule has 0 aliphatic heterocycles. The Hall–Kier alpha value is -1.62. The second-order valence-electron chi connectivity index (χ2n) is 5.28. The third-order valence-electron chi connectivity index (χ3n) is 3.85. The number of rotatable bonds is 3. The molecule has 106 valence electrons. The summed E-state index contributed by atoms with van der Waals surface area (Å²) >= 11 is 5.77. The standard InChI is InChI=1S/C14H17ClN4O/c1-10-16-13(15)8-14(20)18(10)9-11-6-7-19(17-11)12-4-2-3-5-12/h6-8,12H,2-5,9H2,1H3. The van der Waals surface area contributed by atoms with E-state index in [0.29, 0.717) is 18.4 Å². The van der Waals surface area contributed by atoms with Crippen molar-refractivity contribution in [3.05, 3.63) is 45.4 Å². The molecule has 0 saturated heterocycles. The number of hydrogen-bond acceptors (Lipinski definition) is 3. The van der Waals surface area contributed by atoms with Crippen molar-refractivity contribution in [3.63, 3.8) is 0 Å². The smallest absolute Gasteiger partial charge is 0.255 e. The number of hydrogen-bond donors (Lipinski definition) is 0. The SMILES string of the molecule is Cc1nc(Cl)cc(=O)n1Cc1ccn(C2CCCC2)n1. The molecule has 0 amide bonds. The minimum atomic E-state index is -0.141. The van der Waals surface area contributed by atoms with Gasteiger partial charge in [0.1, 0.15) is 11.0 Å². The van der Waals surface area contributed by atoms with Crippen LogP contribution in [0.2, 0.25) is 5.15 Å². The van der Waals surface area contributed by atoms with Crippen LogP contribution in [-0.4, -0.2) is 19.3 Å². The topological polar surface area (TPSA) is 52.7 Å². The van der Waals surface area contributed by atoms with E-state index < -0.39 is 0 Å². The molecule has 3 rings (SSSR count). The van der Waals surface area contributed by atoms with E-state index in [9.17, 15) is 4.79 Å². The molecule has 2 heterocycles. The zero-order valence-corrected chi connectivity index (χ0v) is 12.2. The molecule has 0 atom stereocenters. The fourth-order valence-electron chi connectivity index (χ4n) is 2.77. The van der Waals surface area contributed by atoms with E-state index >= 15 is 0 Å². The lowest BCUT2D eigenvalue weighted by atomic mass is 10.3. The summed E-state index contributed by atoms with van der Waals surface area (Å²) < 4.78 is 3.62. The summed E-state index contributed by atoms with van der Waals surface area (Å²) in [4.78, 5) is 16.0. The zero-order chi connectivity index (χ0) is 14.1. The number of nitrogens with zero attached hydrogens (tertiary/aromatic N) is 4. The van der Waals surface area contributed by atoms with Gasteiger partial charge in [0.15, 0.2) is 0 Å². The minimum Gasteiger partial charge on any atom is -0.291 e. The average molecular weight is 293 g/mol. The largest absolute Gasteiger partial charge is 0.291 e. The molecule has 0 spiro atoms. The fraction of sp³-hybridized carbons (Fsp3) is 0.500. The van der Waals surface area contributed by atoms with E-state index in [-0.39, 0.29) is 10.7 Å². The van der Waals surface area contributed by atoms with Gasteiger partial charge in [0, 0.05) is 12.3 Å². The summed E-state index contributed by atoms with van der Waals surface area (Å²) in [6.45, 7) is 2.22. The van der Waals surface area contributed by atoms with E-state index in [2.05, 4.69) is 10.1 Å². The molecule has 0 unspecified atom stereocenters. The summed E-state index contributed by atoms with van der Waals surface area (Å²) in [5.41, 5.74) is 0.740. The molecule has 1 aliphatic carbocycles. The van der Waals surface area contributed by atoms with Crippen molar-refractivity contribution in [1.82, 2.24) is 19.3 Å². The van der Waals surface area contributed by atoms with E-state index in [4.69, 9.17) is 11.6 Å². The lowest BCUT2D eigenvalue weighted by Crippen LogP contribution is -2.23. The van der Waals surface area contributed by atoms with Gasteiger partial charge >= 0.3 is 0 Å². The van der Waals surface area contributed by atoms with E-state index in [1.165, 1.54) is 31.7 Å². The van der Waals surface area contributed by atoms with Gasteiger partial charge in [-0.2, -0.15) is 5.10 Å². The predicted octanol–water partition coefficient (Wildman–Crippen LogP) is 2.57. The van der Waals surface area contributed by atoms with Crippen LogP contribution in [0.1, 0.15) is 43.2 Å². The first-order valence-corrected chi connectivity index (χ1v) is 7.29. The van der Waals surface area contributed by atoms with Crippen molar-refractivity contribution in [2.45, 2.75) is 45.2 Å². The zero-order valence-electron chi connectivity index (χ0n) is 11.4. The number of aryl methyl sites for hydroxylation is 1. The molecule has 0 radical (unpaired) electrons. The highest BCUT2D eigenvalue weighted by Crippen LogP contribution is 2.28. The van der Waals surface area contributed by atoms with Gasteiger partial charge in [0.05, 0.1) is 18.3 Å². The molecular weight excluding hydrogens is 276 g/mol. The third-order valence-corrected chi connectivity index (χ3v) is 4.04. The van der Waals surface area contributed by atoms with Crippen molar-refractivity contribution >= 4 is 11.6 Å². The van der Waals surface area contributed by atoms with Crippen LogP contribution in [-0.2, 0) is 6.54 Å². The highest BCUT2D eigenvalue weighted by Gasteiger charge is 2.17. The van der Waals surface area contributed by atoms with Crippen LogP contribution in [0.4, 0.5) is 0 Å². The highest BCUT2D eigenvalue weighted by molar-refractivity contribution is 6.29. The number of aromatic nitrogens is 4. The van der Waals surface area contributed by atoms with Gasteiger partial charge in [0.25, 0.3) is 5.56 Å². The van der Waals surface area contributed by atoms with E-state index in [0.717, 1.165) is 5.69 Å². The molecule has 20 heavy (non-hydrogen) atoms. The van der Waals surface area contributed by atoms with Gasteiger partial charge in [-0.15, -0.1) is 0 Å². The molecule has 1 aliphatic rings. The maximum absolute atomic E-state index is 11.9. The minimum absolute atomic E-state index is 0.141. The van der Waals surface area contributed by atoms with Crippen molar-refractivity contribution in [2.75, 3.05) is 0 Å². The Morgan fingerprint density at radius 3 is 2.85 bits per heavy atom. The third kappa shape index (κ3) is 2.63. The second-order valence-corrected chi connectivity index (χ2v) is 5.66. The Labute approximate surface area is 122 Å². The maximum atomic E-state index is 11.9. The lowest BCUT2D eigenvalue weighted by molar-refractivity contribution is 0.461. The van der Waals surface area contributed by atoms with E-state index in [1.807, 2.05) is 16.9 Å². The molecule has 6 heteroatoms. The van der Waals surface area contributed by atoms with Gasteiger partial charge in [-0.1, -0.05) is 24.4 Å². The van der Waals surface area contributed by atoms with Crippen LogP contribution < -0.4 is 5.56 Å². The normalized spacial score (nSPS) is 15.9. The first-order chi connectivity index (χ1) is 9.63. The van der Waals surface area contributed by atoms with E-state index in [1.54, 1.807) is 11.5 Å². The summed E-state index contributed by atoms with van der Waals surface area (Å²) in [7, 11) is 0. The molecule has 0 bridgehead atoms. The van der Waals surface area contributed by atoms with Gasteiger partial charge in [-0.3, -0.25) is 14.0 Å². The Morgan fingerprint density at radius 1 is 1.40 bits per heavy atom. The molecular formula is C14H17ClN4O. The first-order valence-electron chi connectivity index (χ1n) is 6.91. The Morgan fingerprint density at radius 2 is 2.15 bits per heavy atom. The average Bonchev–Trinajstić information content (AvgIpc) is 3.04. The van der Waals surface area contributed by atoms with Gasteiger partial charge in [-0.05, 0) is 25.8 Å². The van der Waals surface area contributed by atoms with Crippen LogP contribution in [0, 0.1) is 6.92 Å². The monoisotopic (exact) mass is 292 g/mol. The predicted molar refractivity (Wildman–Crippen MR) is 77.1 cm³/mol.